The van der Waals surface area contributed by atoms with Crippen LogP contribution in [-0.2, 0) is 9.59 Å². The van der Waals surface area contributed by atoms with Crippen molar-refractivity contribution in [3.8, 4) is 11.5 Å². The van der Waals surface area contributed by atoms with Gasteiger partial charge in [0.15, 0.2) is 0 Å². The fraction of sp³-hybridized carbons (Fsp3) is 0.407. The highest BCUT2D eigenvalue weighted by molar-refractivity contribution is 6.47. The van der Waals surface area contributed by atoms with Gasteiger partial charge in [0.2, 0.25) is 0 Å². The van der Waals surface area contributed by atoms with Crippen molar-refractivity contribution in [2.45, 2.75) is 52.5 Å². The van der Waals surface area contributed by atoms with E-state index in [1.54, 1.807) is 18.2 Å². The first-order valence-corrected chi connectivity index (χ1v) is 12.2. The number of rotatable bonds is 11. The molecule has 3 rings (SSSR count). The maximum atomic E-state index is 13.1. The van der Waals surface area contributed by atoms with Crippen LogP contribution in [0.25, 0.3) is 5.76 Å². The Morgan fingerprint density at radius 2 is 1.68 bits per heavy atom. The highest BCUT2D eigenvalue weighted by Crippen LogP contribution is 2.41. The standard InChI is InChI=1S/C27H32ClNO5/c1-4-7-8-16-34-19-11-9-18(10-12-19)24-23(26(31)27(32)29(24)15-5-2)25(30)21-17-20(33-6-3)13-14-22(21)28/h9-14,17,24,30H,4-8,15-16H2,1-3H3/b25-23+. The molecule has 6 nitrogen and oxygen atoms in total. The van der Waals surface area contributed by atoms with E-state index in [4.69, 9.17) is 21.1 Å². The molecule has 182 valence electrons. The fourth-order valence-electron chi connectivity index (χ4n) is 4.07. The van der Waals surface area contributed by atoms with E-state index >= 15 is 0 Å². The lowest BCUT2D eigenvalue weighted by Crippen LogP contribution is -2.30. The zero-order valence-electron chi connectivity index (χ0n) is 20.0. The first-order valence-electron chi connectivity index (χ1n) is 11.9. The molecule has 34 heavy (non-hydrogen) atoms. The van der Waals surface area contributed by atoms with Crippen LogP contribution in [0.3, 0.4) is 0 Å². The molecule has 1 amide bonds. The highest BCUT2D eigenvalue weighted by atomic mass is 35.5. The van der Waals surface area contributed by atoms with Crippen LogP contribution in [0.5, 0.6) is 11.5 Å². The van der Waals surface area contributed by atoms with Gasteiger partial charge < -0.3 is 19.5 Å². The van der Waals surface area contributed by atoms with E-state index in [0.717, 1.165) is 25.0 Å². The molecular formula is C27H32ClNO5. The molecule has 0 bridgehead atoms. The van der Waals surface area contributed by atoms with Crippen LogP contribution in [0.4, 0.5) is 0 Å². The Hall–Kier alpha value is -2.99. The SMILES string of the molecule is CCCCCOc1ccc(C2/C(=C(\O)c3cc(OCC)ccc3Cl)C(=O)C(=O)N2CCC)cc1. The first kappa shape index (κ1) is 25.6. The third-order valence-corrected chi connectivity index (χ3v) is 6.05. The average Bonchev–Trinajstić information content (AvgIpc) is 3.08. The van der Waals surface area contributed by atoms with Gasteiger partial charge >= 0.3 is 0 Å². The van der Waals surface area contributed by atoms with Crippen molar-refractivity contribution >= 4 is 29.1 Å². The van der Waals surface area contributed by atoms with Crippen molar-refractivity contribution in [3.05, 3.63) is 64.2 Å². The number of hydrogen-bond acceptors (Lipinski definition) is 5. The van der Waals surface area contributed by atoms with Crippen LogP contribution >= 0.6 is 11.6 Å². The minimum Gasteiger partial charge on any atom is -0.507 e. The maximum absolute atomic E-state index is 13.1. The molecular weight excluding hydrogens is 454 g/mol. The van der Waals surface area contributed by atoms with Gasteiger partial charge in [0.1, 0.15) is 17.3 Å². The second-order valence-corrected chi connectivity index (χ2v) is 8.60. The lowest BCUT2D eigenvalue weighted by atomic mass is 9.95. The summed E-state index contributed by atoms with van der Waals surface area (Å²) in [6.07, 6.45) is 3.88. The predicted molar refractivity (Wildman–Crippen MR) is 133 cm³/mol. The number of likely N-dealkylation sites (tertiary alicyclic amines) is 1. The smallest absolute Gasteiger partial charge is 0.295 e. The average molecular weight is 486 g/mol. The van der Waals surface area contributed by atoms with E-state index in [1.807, 2.05) is 38.1 Å². The molecule has 0 aliphatic carbocycles. The number of benzene rings is 2. The lowest BCUT2D eigenvalue weighted by molar-refractivity contribution is -0.139. The molecule has 2 aromatic carbocycles. The summed E-state index contributed by atoms with van der Waals surface area (Å²) in [6.45, 7) is 7.38. The molecule has 0 radical (unpaired) electrons. The van der Waals surface area contributed by atoms with Gasteiger partial charge in [-0.05, 0) is 55.7 Å². The molecule has 1 aliphatic rings. The van der Waals surface area contributed by atoms with Crippen LogP contribution in [-0.4, -0.2) is 41.5 Å². The van der Waals surface area contributed by atoms with Gasteiger partial charge in [0.25, 0.3) is 11.7 Å². The van der Waals surface area contributed by atoms with E-state index in [1.165, 1.54) is 4.90 Å². The van der Waals surface area contributed by atoms with Gasteiger partial charge in [-0.25, -0.2) is 0 Å². The summed E-state index contributed by atoms with van der Waals surface area (Å²) in [4.78, 5) is 27.5. The van der Waals surface area contributed by atoms with Crippen LogP contribution in [0, 0.1) is 0 Å². The molecule has 2 aromatic rings. The summed E-state index contributed by atoms with van der Waals surface area (Å²) in [7, 11) is 0. The quantitative estimate of drug-likeness (QED) is 0.179. The van der Waals surface area contributed by atoms with Crippen molar-refractivity contribution < 1.29 is 24.2 Å². The Labute approximate surface area is 206 Å². The van der Waals surface area contributed by atoms with E-state index in [2.05, 4.69) is 6.92 Å². The third kappa shape index (κ3) is 5.55. The van der Waals surface area contributed by atoms with Gasteiger partial charge in [-0.3, -0.25) is 9.59 Å². The Morgan fingerprint density at radius 1 is 0.971 bits per heavy atom. The number of nitrogens with zero attached hydrogens (tertiary/aromatic N) is 1. The number of carbonyl (C=O) groups excluding carboxylic acids is 2. The summed E-state index contributed by atoms with van der Waals surface area (Å²) < 4.78 is 11.3. The maximum Gasteiger partial charge on any atom is 0.295 e. The number of ketones is 1. The summed E-state index contributed by atoms with van der Waals surface area (Å²) in [5.74, 6) is -0.440. The van der Waals surface area contributed by atoms with Gasteiger partial charge in [0, 0.05) is 12.1 Å². The summed E-state index contributed by atoms with van der Waals surface area (Å²) in [6, 6.07) is 11.5. The Kier molecular flexibility index (Phi) is 8.99. The molecule has 1 N–H and O–H groups in total. The number of unbranched alkanes of at least 4 members (excludes halogenated alkanes) is 2. The van der Waals surface area contributed by atoms with Crippen molar-refractivity contribution in [1.82, 2.24) is 4.90 Å². The highest BCUT2D eigenvalue weighted by Gasteiger charge is 2.45. The lowest BCUT2D eigenvalue weighted by Gasteiger charge is -2.25. The molecule has 1 saturated heterocycles. The topological polar surface area (TPSA) is 76.1 Å². The van der Waals surface area contributed by atoms with Crippen molar-refractivity contribution in [2.24, 2.45) is 0 Å². The zero-order valence-corrected chi connectivity index (χ0v) is 20.7. The second-order valence-electron chi connectivity index (χ2n) is 8.19. The van der Waals surface area contributed by atoms with Crippen LogP contribution in [0.1, 0.15) is 63.6 Å². The molecule has 1 unspecified atom stereocenters. The Balaban J connectivity index is 2.02. The molecule has 1 heterocycles. The minimum atomic E-state index is -0.728. The van der Waals surface area contributed by atoms with Crippen molar-refractivity contribution in [1.29, 1.82) is 0 Å². The number of amides is 1. The number of Topliss-reactive ketones (excluding diaryl/α,β-unsaturated/α-hetero) is 1. The van der Waals surface area contributed by atoms with Gasteiger partial charge in [-0.1, -0.05) is 50.4 Å². The number of ether oxygens (including phenoxy) is 2. The number of aliphatic hydroxyl groups excluding tert-OH is 1. The van der Waals surface area contributed by atoms with E-state index in [-0.39, 0.29) is 21.9 Å². The number of hydrogen-bond donors (Lipinski definition) is 1. The van der Waals surface area contributed by atoms with Gasteiger partial charge in [0.05, 0.1) is 29.9 Å². The summed E-state index contributed by atoms with van der Waals surface area (Å²) in [5, 5.41) is 11.5. The van der Waals surface area contributed by atoms with Crippen molar-refractivity contribution in [3.63, 3.8) is 0 Å². The molecule has 7 heteroatoms. The monoisotopic (exact) mass is 485 g/mol. The Morgan fingerprint density at radius 3 is 2.32 bits per heavy atom. The normalized spacial score (nSPS) is 17.3. The number of aliphatic hydroxyl groups is 1. The summed E-state index contributed by atoms with van der Waals surface area (Å²) >= 11 is 6.36. The molecule has 1 aliphatic heterocycles. The second kappa shape index (κ2) is 11.9. The molecule has 1 fully saturated rings. The molecule has 1 atom stereocenters. The largest absolute Gasteiger partial charge is 0.507 e. The fourth-order valence-corrected chi connectivity index (χ4v) is 4.28. The predicted octanol–water partition coefficient (Wildman–Crippen LogP) is 6.14. The Bertz CT molecular complexity index is 1050. The molecule has 0 saturated carbocycles. The zero-order chi connectivity index (χ0) is 24.7. The van der Waals surface area contributed by atoms with E-state index in [0.29, 0.717) is 37.5 Å². The number of halogens is 1. The van der Waals surface area contributed by atoms with E-state index < -0.39 is 17.7 Å². The minimum absolute atomic E-state index is 0.0191. The van der Waals surface area contributed by atoms with Crippen LogP contribution < -0.4 is 9.47 Å². The summed E-state index contributed by atoms with van der Waals surface area (Å²) in [5.41, 5.74) is 0.987. The first-order chi connectivity index (χ1) is 16.4. The van der Waals surface area contributed by atoms with E-state index in [9.17, 15) is 14.7 Å². The molecule has 0 spiro atoms. The van der Waals surface area contributed by atoms with Gasteiger partial charge in [-0.2, -0.15) is 0 Å². The van der Waals surface area contributed by atoms with Crippen LogP contribution in [0.15, 0.2) is 48.0 Å². The van der Waals surface area contributed by atoms with Crippen molar-refractivity contribution in [2.75, 3.05) is 19.8 Å². The number of carbonyl (C=O) groups is 2. The van der Waals surface area contributed by atoms with Gasteiger partial charge in [-0.15, -0.1) is 0 Å². The third-order valence-electron chi connectivity index (χ3n) is 5.72. The van der Waals surface area contributed by atoms with Crippen LogP contribution in [0.2, 0.25) is 5.02 Å². The molecule has 0 aromatic heterocycles.